The Morgan fingerprint density at radius 1 is 0.900 bits per heavy atom. The van der Waals surface area contributed by atoms with Crippen molar-refractivity contribution < 1.29 is 14.2 Å². The summed E-state index contributed by atoms with van der Waals surface area (Å²) in [6, 6.07) is 25.0. The molecule has 0 spiro atoms. The van der Waals surface area contributed by atoms with Crippen LogP contribution in [0.1, 0.15) is 30.4 Å². The van der Waals surface area contributed by atoms with E-state index in [1.165, 1.54) is 35.3 Å². The molecular formula is C26H28O3S. The number of methoxy groups -OCH3 is 1. The van der Waals surface area contributed by atoms with Crippen molar-refractivity contribution in [1.82, 2.24) is 0 Å². The molecule has 0 amide bonds. The van der Waals surface area contributed by atoms with Gasteiger partial charge in [-0.15, -0.1) is 11.8 Å². The molecule has 156 valence electrons. The maximum atomic E-state index is 6.16. The van der Waals surface area contributed by atoms with Crippen LogP contribution in [-0.4, -0.2) is 19.8 Å². The van der Waals surface area contributed by atoms with E-state index in [-0.39, 0.29) is 0 Å². The molecule has 1 fully saturated rings. The first-order valence-electron chi connectivity index (χ1n) is 10.5. The van der Waals surface area contributed by atoms with Gasteiger partial charge < -0.3 is 14.2 Å². The van der Waals surface area contributed by atoms with E-state index in [4.69, 9.17) is 14.2 Å². The van der Waals surface area contributed by atoms with Crippen molar-refractivity contribution >= 4 is 11.8 Å². The van der Waals surface area contributed by atoms with Crippen molar-refractivity contribution in [2.45, 2.75) is 42.4 Å². The molecule has 3 aromatic rings. The molecule has 30 heavy (non-hydrogen) atoms. The van der Waals surface area contributed by atoms with E-state index < -0.39 is 0 Å². The maximum Gasteiger partial charge on any atom is 0.169 e. The average Bonchev–Trinajstić information content (AvgIpc) is 3.62. The van der Waals surface area contributed by atoms with Gasteiger partial charge in [0.1, 0.15) is 5.75 Å². The topological polar surface area (TPSA) is 31.0 Å². The van der Waals surface area contributed by atoms with E-state index in [2.05, 4.69) is 48.5 Å². The Bertz CT molecular complexity index is 921. The van der Waals surface area contributed by atoms with Gasteiger partial charge in [-0.3, -0.25) is 0 Å². The fraction of sp³-hybridized carbons (Fsp3) is 0.308. The summed E-state index contributed by atoms with van der Waals surface area (Å²) < 4.78 is 17.0. The predicted molar refractivity (Wildman–Crippen MR) is 123 cm³/mol. The third-order valence-electron chi connectivity index (χ3n) is 5.17. The van der Waals surface area contributed by atoms with Crippen LogP contribution in [-0.2, 0) is 16.9 Å². The zero-order valence-corrected chi connectivity index (χ0v) is 18.2. The van der Waals surface area contributed by atoms with Crippen molar-refractivity contribution in [3.8, 4) is 17.2 Å². The second-order valence-electron chi connectivity index (χ2n) is 7.53. The number of thioether (sulfide) groups is 1. The molecule has 0 bridgehead atoms. The lowest BCUT2D eigenvalue weighted by atomic mass is 10.1. The van der Waals surface area contributed by atoms with Crippen LogP contribution in [0.4, 0.5) is 0 Å². The van der Waals surface area contributed by atoms with Crippen LogP contribution >= 0.6 is 11.8 Å². The average molecular weight is 421 g/mol. The lowest BCUT2D eigenvalue weighted by molar-refractivity contribution is 0.378. The first kappa shape index (κ1) is 20.8. The number of ether oxygens (including phenoxy) is 3. The van der Waals surface area contributed by atoms with Crippen LogP contribution in [0.25, 0.3) is 0 Å². The summed E-state index contributed by atoms with van der Waals surface area (Å²) >= 11 is 1.84. The SMILES string of the molecule is COc1ccc(CCCC[C@@H]2CO2)cc1Oc1ccc(CSc2ccccc2)cc1. The van der Waals surface area contributed by atoms with E-state index in [9.17, 15) is 0 Å². The molecule has 0 saturated carbocycles. The summed E-state index contributed by atoms with van der Waals surface area (Å²) in [6.45, 7) is 0.949. The van der Waals surface area contributed by atoms with Crippen LogP contribution < -0.4 is 9.47 Å². The van der Waals surface area contributed by atoms with E-state index in [0.29, 0.717) is 6.10 Å². The smallest absolute Gasteiger partial charge is 0.169 e. The number of epoxide rings is 1. The summed E-state index contributed by atoms with van der Waals surface area (Å²) in [6.07, 6.45) is 5.11. The van der Waals surface area contributed by atoms with Gasteiger partial charge in [-0.2, -0.15) is 0 Å². The molecule has 0 aliphatic carbocycles. The lowest BCUT2D eigenvalue weighted by Crippen LogP contribution is -1.94. The molecule has 0 unspecified atom stereocenters. The van der Waals surface area contributed by atoms with E-state index in [0.717, 1.165) is 36.0 Å². The molecule has 4 heteroatoms. The second-order valence-corrected chi connectivity index (χ2v) is 8.58. The predicted octanol–water partition coefficient (Wildman–Crippen LogP) is 6.89. The van der Waals surface area contributed by atoms with Crippen LogP contribution in [0, 0.1) is 0 Å². The largest absolute Gasteiger partial charge is 0.493 e. The molecule has 4 rings (SSSR count). The molecule has 0 aromatic heterocycles. The highest BCUT2D eigenvalue weighted by Crippen LogP contribution is 2.33. The van der Waals surface area contributed by atoms with Crippen molar-refractivity contribution in [2.75, 3.05) is 13.7 Å². The summed E-state index contributed by atoms with van der Waals surface area (Å²) in [5.41, 5.74) is 2.55. The highest BCUT2D eigenvalue weighted by atomic mass is 32.2. The minimum Gasteiger partial charge on any atom is -0.493 e. The van der Waals surface area contributed by atoms with Gasteiger partial charge in [-0.1, -0.05) is 42.8 Å². The van der Waals surface area contributed by atoms with Gasteiger partial charge in [0.2, 0.25) is 0 Å². The highest BCUT2D eigenvalue weighted by Gasteiger charge is 2.21. The van der Waals surface area contributed by atoms with Gasteiger partial charge >= 0.3 is 0 Å². The Kier molecular flexibility index (Phi) is 7.33. The molecule has 0 radical (unpaired) electrons. The fourth-order valence-electron chi connectivity index (χ4n) is 3.36. The molecule has 1 heterocycles. The normalized spacial score (nSPS) is 15.0. The van der Waals surface area contributed by atoms with Gasteiger partial charge in [0.15, 0.2) is 11.5 Å². The van der Waals surface area contributed by atoms with Gasteiger partial charge in [-0.05, 0) is 66.8 Å². The molecule has 3 nitrogen and oxygen atoms in total. The molecular weight excluding hydrogens is 392 g/mol. The number of rotatable bonds is 11. The van der Waals surface area contributed by atoms with Crippen molar-refractivity contribution in [3.05, 3.63) is 83.9 Å². The van der Waals surface area contributed by atoms with Gasteiger partial charge in [0.05, 0.1) is 19.8 Å². The van der Waals surface area contributed by atoms with E-state index >= 15 is 0 Å². The van der Waals surface area contributed by atoms with Crippen LogP contribution in [0.2, 0.25) is 0 Å². The zero-order chi connectivity index (χ0) is 20.6. The monoisotopic (exact) mass is 420 g/mol. The molecule has 1 aliphatic rings. The summed E-state index contributed by atoms with van der Waals surface area (Å²) in [7, 11) is 1.68. The summed E-state index contributed by atoms with van der Waals surface area (Å²) in [4.78, 5) is 1.28. The van der Waals surface area contributed by atoms with Gasteiger partial charge in [-0.25, -0.2) is 0 Å². The standard InChI is InChI=1S/C26H28O3S/c1-27-25-16-13-20(7-5-6-8-23-18-28-23)17-26(25)29-22-14-11-21(12-15-22)19-30-24-9-3-2-4-10-24/h2-4,9-17,23H,5-8,18-19H2,1H3/t23-/m1/s1. The Balaban J connectivity index is 1.34. The number of hydrogen-bond donors (Lipinski definition) is 0. The highest BCUT2D eigenvalue weighted by molar-refractivity contribution is 7.98. The Morgan fingerprint density at radius 3 is 2.40 bits per heavy atom. The van der Waals surface area contributed by atoms with Crippen molar-refractivity contribution in [2.24, 2.45) is 0 Å². The number of unbranched alkanes of at least 4 members (excludes halogenated alkanes) is 1. The Morgan fingerprint density at radius 2 is 1.67 bits per heavy atom. The lowest BCUT2D eigenvalue weighted by Gasteiger charge is -2.13. The Labute approximate surface area is 183 Å². The zero-order valence-electron chi connectivity index (χ0n) is 17.4. The number of aryl methyl sites for hydroxylation is 1. The van der Waals surface area contributed by atoms with E-state index in [1.54, 1.807) is 7.11 Å². The maximum absolute atomic E-state index is 6.16. The first-order chi connectivity index (χ1) is 14.8. The van der Waals surface area contributed by atoms with Gasteiger partial charge in [0, 0.05) is 10.6 Å². The van der Waals surface area contributed by atoms with Crippen LogP contribution in [0.15, 0.2) is 77.7 Å². The van der Waals surface area contributed by atoms with Crippen LogP contribution in [0.5, 0.6) is 17.2 Å². The fourth-order valence-corrected chi connectivity index (χ4v) is 4.23. The Hall–Kier alpha value is -2.43. The molecule has 0 N–H and O–H groups in total. The third-order valence-corrected chi connectivity index (χ3v) is 6.25. The minimum absolute atomic E-state index is 0.522. The van der Waals surface area contributed by atoms with Gasteiger partial charge in [0.25, 0.3) is 0 Å². The summed E-state index contributed by atoms with van der Waals surface area (Å²) in [5, 5.41) is 0. The van der Waals surface area contributed by atoms with E-state index in [1.807, 2.05) is 36.0 Å². The quantitative estimate of drug-likeness (QED) is 0.192. The first-order valence-corrected chi connectivity index (χ1v) is 11.5. The second kappa shape index (κ2) is 10.6. The third kappa shape index (κ3) is 6.28. The van der Waals surface area contributed by atoms with Crippen LogP contribution in [0.3, 0.4) is 0 Å². The van der Waals surface area contributed by atoms with Crippen molar-refractivity contribution in [3.63, 3.8) is 0 Å². The molecule has 1 atom stereocenters. The molecule has 3 aromatic carbocycles. The van der Waals surface area contributed by atoms with Crippen molar-refractivity contribution in [1.29, 1.82) is 0 Å². The molecule has 1 saturated heterocycles. The molecule has 1 aliphatic heterocycles. The number of benzene rings is 3. The number of hydrogen-bond acceptors (Lipinski definition) is 4. The summed E-state index contributed by atoms with van der Waals surface area (Å²) in [5.74, 6) is 3.29. The minimum atomic E-state index is 0.522.